The summed E-state index contributed by atoms with van der Waals surface area (Å²) < 4.78 is 15.6. The smallest absolute Gasteiger partial charge is 0.243 e. The van der Waals surface area contributed by atoms with Crippen LogP contribution >= 0.6 is 11.6 Å². The maximum absolute atomic E-state index is 14.2. The molecule has 2 amide bonds. The molecular formula is C20H27ClFN7O2. The zero-order valence-corrected chi connectivity index (χ0v) is 18.5. The number of carbonyl (C=O) groups is 2. The summed E-state index contributed by atoms with van der Waals surface area (Å²) in [6.45, 7) is 5.89. The number of hydrogen-bond donors (Lipinski definition) is 2. The van der Waals surface area contributed by atoms with Gasteiger partial charge in [0.15, 0.2) is 0 Å². The molecule has 1 aromatic heterocycles. The Morgan fingerprint density at radius 3 is 2.77 bits per heavy atom. The summed E-state index contributed by atoms with van der Waals surface area (Å²) in [6.07, 6.45) is 0.529. The van der Waals surface area contributed by atoms with Gasteiger partial charge in [-0.2, -0.15) is 0 Å². The van der Waals surface area contributed by atoms with Crippen LogP contribution in [-0.2, 0) is 16.1 Å². The van der Waals surface area contributed by atoms with Crippen LogP contribution in [0, 0.1) is 5.41 Å². The van der Waals surface area contributed by atoms with Crippen molar-refractivity contribution >= 4 is 23.4 Å². The predicted octanol–water partition coefficient (Wildman–Crippen LogP) is 1.63. The van der Waals surface area contributed by atoms with Gasteiger partial charge in [0.05, 0.1) is 18.3 Å². The SMILES string of the molecule is CC(C)(C)C[C@@H](N)C(=O)N1C[C@H](F)C[C@H]1C(=O)NCc1cc(Cl)ccc1-n1cnnn1. The summed E-state index contributed by atoms with van der Waals surface area (Å²) in [6, 6.07) is 3.40. The normalized spacial score (nSPS) is 20.0. The molecule has 2 aromatic rings. The number of nitrogens with one attached hydrogen (secondary N) is 1. The van der Waals surface area contributed by atoms with E-state index in [2.05, 4.69) is 20.8 Å². The van der Waals surface area contributed by atoms with Crippen molar-refractivity contribution in [2.75, 3.05) is 6.54 Å². The lowest BCUT2D eigenvalue weighted by atomic mass is 9.88. The molecule has 0 saturated carbocycles. The van der Waals surface area contributed by atoms with E-state index in [1.54, 1.807) is 18.2 Å². The van der Waals surface area contributed by atoms with Crippen molar-refractivity contribution in [2.24, 2.45) is 11.1 Å². The lowest BCUT2D eigenvalue weighted by molar-refractivity contribution is -0.140. The second kappa shape index (κ2) is 9.27. The molecule has 1 fully saturated rings. The van der Waals surface area contributed by atoms with Gasteiger partial charge in [0, 0.05) is 18.0 Å². The Balaban J connectivity index is 1.71. The molecule has 9 nitrogen and oxygen atoms in total. The number of benzene rings is 1. The molecule has 0 bridgehead atoms. The highest BCUT2D eigenvalue weighted by molar-refractivity contribution is 6.30. The minimum Gasteiger partial charge on any atom is -0.350 e. The van der Waals surface area contributed by atoms with Crippen molar-refractivity contribution in [2.45, 2.75) is 58.4 Å². The van der Waals surface area contributed by atoms with Crippen molar-refractivity contribution in [1.29, 1.82) is 0 Å². The minimum absolute atomic E-state index is 0.0603. The summed E-state index contributed by atoms with van der Waals surface area (Å²) in [4.78, 5) is 27.0. The number of alkyl halides is 1. The number of carbonyl (C=O) groups excluding carboxylic acids is 2. The number of likely N-dealkylation sites (tertiary alicyclic amines) is 1. The Hall–Kier alpha value is -2.59. The third-order valence-electron chi connectivity index (χ3n) is 5.08. The van der Waals surface area contributed by atoms with E-state index < -0.39 is 30.1 Å². The molecular weight excluding hydrogens is 425 g/mol. The second-order valence-electron chi connectivity index (χ2n) is 8.96. The number of nitrogens with zero attached hydrogens (tertiary/aromatic N) is 5. The number of hydrogen-bond acceptors (Lipinski definition) is 6. The van der Waals surface area contributed by atoms with Gasteiger partial charge < -0.3 is 16.0 Å². The Bertz CT molecular complexity index is 932. The van der Waals surface area contributed by atoms with E-state index in [1.807, 2.05) is 20.8 Å². The summed E-state index contributed by atoms with van der Waals surface area (Å²) in [7, 11) is 0. The third kappa shape index (κ3) is 5.76. The van der Waals surface area contributed by atoms with Crippen molar-refractivity contribution in [1.82, 2.24) is 30.4 Å². The van der Waals surface area contributed by atoms with Gasteiger partial charge in [-0.05, 0) is 46.0 Å². The van der Waals surface area contributed by atoms with Crippen molar-refractivity contribution in [3.8, 4) is 5.69 Å². The molecule has 1 aliphatic rings. The van der Waals surface area contributed by atoms with Crippen molar-refractivity contribution in [3.63, 3.8) is 0 Å². The first-order valence-electron chi connectivity index (χ1n) is 10.0. The molecule has 3 rings (SSSR count). The topological polar surface area (TPSA) is 119 Å². The fraction of sp³-hybridized carbons (Fsp3) is 0.550. The molecule has 0 unspecified atom stereocenters. The van der Waals surface area contributed by atoms with Crippen LogP contribution in [0.5, 0.6) is 0 Å². The molecule has 3 N–H and O–H groups in total. The fourth-order valence-corrected chi connectivity index (χ4v) is 3.92. The van der Waals surface area contributed by atoms with Gasteiger partial charge in [-0.1, -0.05) is 32.4 Å². The zero-order valence-electron chi connectivity index (χ0n) is 17.8. The van der Waals surface area contributed by atoms with Gasteiger partial charge in [-0.25, -0.2) is 9.07 Å². The average molecular weight is 452 g/mol. The Morgan fingerprint density at radius 1 is 1.39 bits per heavy atom. The van der Waals surface area contributed by atoms with Crippen molar-refractivity contribution < 1.29 is 14.0 Å². The third-order valence-corrected chi connectivity index (χ3v) is 5.31. The summed E-state index contributed by atoms with van der Waals surface area (Å²) in [5.41, 5.74) is 7.21. The molecule has 1 aromatic carbocycles. The average Bonchev–Trinajstić information content (AvgIpc) is 3.34. The van der Waals surface area contributed by atoms with E-state index in [0.29, 0.717) is 22.7 Å². The van der Waals surface area contributed by atoms with Crippen LogP contribution in [0.25, 0.3) is 5.69 Å². The predicted molar refractivity (Wildman–Crippen MR) is 113 cm³/mol. The van der Waals surface area contributed by atoms with Crippen LogP contribution in [0.3, 0.4) is 0 Å². The van der Waals surface area contributed by atoms with Crippen LogP contribution in [-0.4, -0.2) is 61.7 Å². The maximum atomic E-state index is 14.2. The Labute approximate surface area is 185 Å². The highest BCUT2D eigenvalue weighted by Crippen LogP contribution is 2.26. The van der Waals surface area contributed by atoms with Crippen LogP contribution in [0.4, 0.5) is 4.39 Å². The molecule has 11 heteroatoms. The monoisotopic (exact) mass is 451 g/mol. The first-order valence-corrected chi connectivity index (χ1v) is 10.4. The second-order valence-corrected chi connectivity index (χ2v) is 9.39. The summed E-state index contributed by atoms with van der Waals surface area (Å²) >= 11 is 6.10. The van der Waals surface area contributed by atoms with Gasteiger partial charge in [0.1, 0.15) is 18.5 Å². The molecule has 1 aliphatic heterocycles. The minimum atomic E-state index is -1.27. The lowest BCUT2D eigenvalue weighted by Gasteiger charge is -2.29. The Morgan fingerprint density at radius 2 is 2.13 bits per heavy atom. The number of amides is 2. The number of aromatic nitrogens is 4. The van der Waals surface area contributed by atoms with Crippen LogP contribution in [0.15, 0.2) is 24.5 Å². The molecule has 3 atom stereocenters. The molecule has 0 aliphatic carbocycles. The van der Waals surface area contributed by atoms with Crippen LogP contribution < -0.4 is 11.1 Å². The van der Waals surface area contributed by atoms with Crippen molar-refractivity contribution in [3.05, 3.63) is 35.1 Å². The number of halogens is 2. The van der Waals surface area contributed by atoms with E-state index >= 15 is 0 Å². The number of rotatable bonds is 6. The quantitative estimate of drug-likeness (QED) is 0.689. The molecule has 0 radical (unpaired) electrons. The lowest BCUT2D eigenvalue weighted by Crippen LogP contribution is -2.51. The zero-order chi connectivity index (χ0) is 22.8. The van der Waals surface area contributed by atoms with E-state index in [9.17, 15) is 14.0 Å². The first-order chi connectivity index (χ1) is 14.5. The van der Waals surface area contributed by atoms with E-state index in [0.717, 1.165) is 0 Å². The van der Waals surface area contributed by atoms with Crippen LogP contribution in [0.2, 0.25) is 5.02 Å². The molecule has 0 spiro atoms. The first kappa shape index (κ1) is 23.1. The number of nitrogens with two attached hydrogens (primary N) is 1. The maximum Gasteiger partial charge on any atom is 0.243 e. The molecule has 31 heavy (non-hydrogen) atoms. The number of tetrazole rings is 1. The van der Waals surface area contributed by atoms with Crippen LogP contribution in [0.1, 0.15) is 39.2 Å². The fourth-order valence-electron chi connectivity index (χ4n) is 3.73. The highest BCUT2D eigenvalue weighted by atomic mass is 35.5. The molecule has 2 heterocycles. The summed E-state index contributed by atoms with van der Waals surface area (Å²) in [5.74, 6) is -0.855. The summed E-state index contributed by atoms with van der Waals surface area (Å²) in [5, 5.41) is 14.4. The Kier molecular flexibility index (Phi) is 6.90. The highest BCUT2D eigenvalue weighted by Gasteiger charge is 2.41. The van der Waals surface area contributed by atoms with Gasteiger partial charge in [-0.3, -0.25) is 9.59 Å². The molecule has 168 valence electrons. The molecule has 1 saturated heterocycles. The van der Waals surface area contributed by atoms with Gasteiger partial charge >= 0.3 is 0 Å². The van der Waals surface area contributed by atoms with E-state index in [-0.39, 0.29) is 24.9 Å². The van der Waals surface area contributed by atoms with Gasteiger partial charge in [-0.15, -0.1) is 5.10 Å². The van der Waals surface area contributed by atoms with E-state index in [1.165, 1.54) is 15.9 Å². The standard InChI is InChI=1S/C20H27ClFN7O2/c1-20(2,3)8-15(23)19(31)28-10-14(22)7-17(28)18(30)24-9-12-6-13(21)4-5-16(12)29-11-25-26-27-29/h4-6,11,14-15,17H,7-10,23H2,1-3H3,(H,24,30)/t14-,15-,17+/m1/s1. The van der Waals surface area contributed by atoms with E-state index in [4.69, 9.17) is 17.3 Å². The van der Waals surface area contributed by atoms with Gasteiger partial charge in [0.25, 0.3) is 0 Å². The van der Waals surface area contributed by atoms with Gasteiger partial charge in [0.2, 0.25) is 11.8 Å². The largest absolute Gasteiger partial charge is 0.350 e.